The highest BCUT2D eigenvalue weighted by Gasteiger charge is 2.37. The summed E-state index contributed by atoms with van der Waals surface area (Å²) >= 11 is 0. The van der Waals surface area contributed by atoms with Gasteiger partial charge < -0.3 is 0 Å². The standard InChI is InChI=1S/C22H29F/c1-3-7-17-10-12-19(13-11-17)22(2)15-14-20(21(23)16-22)18-8-5-4-6-9-18/h4-6,8-9,14-15,17,19H,3,7,10-13,16H2,1-2H3. The van der Waals surface area contributed by atoms with Gasteiger partial charge >= 0.3 is 0 Å². The summed E-state index contributed by atoms with van der Waals surface area (Å²) in [6.45, 7) is 4.54. The summed E-state index contributed by atoms with van der Waals surface area (Å²) in [7, 11) is 0. The summed E-state index contributed by atoms with van der Waals surface area (Å²) in [5.74, 6) is 1.61. The lowest BCUT2D eigenvalue weighted by molar-refractivity contribution is 0.147. The molecule has 0 heterocycles. The molecular weight excluding hydrogens is 283 g/mol. The molecule has 1 heteroatoms. The molecule has 23 heavy (non-hydrogen) atoms. The first-order valence-corrected chi connectivity index (χ1v) is 9.25. The maximum Gasteiger partial charge on any atom is 0.109 e. The Morgan fingerprint density at radius 2 is 1.78 bits per heavy atom. The van der Waals surface area contributed by atoms with Crippen LogP contribution in [0.1, 0.15) is 64.4 Å². The van der Waals surface area contributed by atoms with Crippen molar-refractivity contribution >= 4 is 5.57 Å². The van der Waals surface area contributed by atoms with Crippen LogP contribution in [0.5, 0.6) is 0 Å². The molecule has 1 atom stereocenters. The molecule has 124 valence electrons. The Bertz CT molecular complexity index is 575. The van der Waals surface area contributed by atoms with Crippen molar-refractivity contribution in [1.82, 2.24) is 0 Å². The molecule has 1 aromatic carbocycles. The molecule has 0 bridgehead atoms. The van der Waals surface area contributed by atoms with Crippen molar-refractivity contribution < 1.29 is 4.39 Å². The van der Waals surface area contributed by atoms with E-state index in [1.54, 1.807) is 0 Å². The van der Waals surface area contributed by atoms with Gasteiger partial charge in [0.1, 0.15) is 5.83 Å². The normalized spacial score (nSPS) is 31.4. The van der Waals surface area contributed by atoms with Crippen LogP contribution >= 0.6 is 0 Å². The third-order valence-corrected chi connectivity index (χ3v) is 6.02. The topological polar surface area (TPSA) is 0 Å². The lowest BCUT2D eigenvalue weighted by Crippen LogP contribution is -2.31. The summed E-state index contributed by atoms with van der Waals surface area (Å²) < 4.78 is 14.8. The first kappa shape index (κ1) is 16.5. The van der Waals surface area contributed by atoms with Gasteiger partial charge in [0.05, 0.1) is 0 Å². The van der Waals surface area contributed by atoms with Crippen LogP contribution in [0.4, 0.5) is 4.39 Å². The Balaban J connectivity index is 1.70. The van der Waals surface area contributed by atoms with Crippen LogP contribution in [-0.2, 0) is 0 Å². The summed E-state index contributed by atoms with van der Waals surface area (Å²) in [5, 5.41) is 0. The van der Waals surface area contributed by atoms with Crippen molar-refractivity contribution in [2.75, 3.05) is 0 Å². The molecule has 0 radical (unpaired) electrons. The van der Waals surface area contributed by atoms with Gasteiger partial charge in [-0.15, -0.1) is 0 Å². The number of rotatable bonds is 4. The van der Waals surface area contributed by atoms with Crippen molar-refractivity contribution in [2.45, 2.75) is 58.8 Å². The molecular formula is C22H29F. The molecule has 0 saturated heterocycles. The Hall–Kier alpha value is -1.37. The largest absolute Gasteiger partial charge is 0.211 e. The van der Waals surface area contributed by atoms with Gasteiger partial charge in [-0.1, -0.05) is 82.0 Å². The highest BCUT2D eigenvalue weighted by Crippen LogP contribution is 2.49. The van der Waals surface area contributed by atoms with Crippen molar-refractivity contribution in [1.29, 1.82) is 0 Å². The highest BCUT2D eigenvalue weighted by atomic mass is 19.1. The Labute approximate surface area is 140 Å². The van der Waals surface area contributed by atoms with E-state index in [0.717, 1.165) is 17.1 Å². The number of halogens is 1. The lowest BCUT2D eigenvalue weighted by atomic mass is 9.64. The van der Waals surface area contributed by atoms with E-state index >= 15 is 0 Å². The minimum atomic E-state index is -0.000448. The van der Waals surface area contributed by atoms with Gasteiger partial charge in [0.2, 0.25) is 0 Å². The van der Waals surface area contributed by atoms with Crippen LogP contribution in [-0.4, -0.2) is 0 Å². The van der Waals surface area contributed by atoms with E-state index in [1.807, 2.05) is 36.4 Å². The summed E-state index contributed by atoms with van der Waals surface area (Å²) in [6.07, 6.45) is 12.7. The molecule has 0 N–H and O–H groups in total. The van der Waals surface area contributed by atoms with Crippen molar-refractivity contribution in [3.63, 3.8) is 0 Å². The van der Waals surface area contributed by atoms with Gasteiger partial charge in [0.25, 0.3) is 0 Å². The molecule has 1 saturated carbocycles. The average Bonchev–Trinajstić information content (AvgIpc) is 2.56. The van der Waals surface area contributed by atoms with E-state index in [4.69, 9.17) is 0 Å². The monoisotopic (exact) mass is 312 g/mol. The smallest absolute Gasteiger partial charge is 0.109 e. The van der Waals surface area contributed by atoms with Crippen molar-refractivity contribution in [2.24, 2.45) is 17.3 Å². The Morgan fingerprint density at radius 3 is 2.39 bits per heavy atom. The second-order valence-corrected chi connectivity index (χ2v) is 7.71. The fraction of sp³-hybridized carbons (Fsp3) is 0.545. The predicted octanol–water partition coefficient (Wildman–Crippen LogP) is 6.94. The van der Waals surface area contributed by atoms with E-state index in [1.165, 1.54) is 38.5 Å². The number of allylic oxidation sites excluding steroid dienone is 4. The molecule has 1 fully saturated rings. The molecule has 2 aliphatic carbocycles. The number of benzene rings is 1. The molecule has 0 aliphatic heterocycles. The Kier molecular flexibility index (Phi) is 5.04. The zero-order valence-corrected chi connectivity index (χ0v) is 14.5. The van der Waals surface area contributed by atoms with Crippen LogP contribution in [0.3, 0.4) is 0 Å². The molecule has 0 spiro atoms. The van der Waals surface area contributed by atoms with E-state index in [2.05, 4.69) is 19.9 Å². The molecule has 0 nitrogen and oxygen atoms in total. The molecule has 0 amide bonds. The number of hydrogen-bond donors (Lipinski definition) is 0. The maximum atomic E-state index is 14.8. The lowest BCUT2D eigenvalue weighted by Gasteiger charge is -2.41. The molecule has 2 aliphatic rings. The number of hydrogen-bond acceptors (Lipinski definition) is 0. The predicted molar refractivity (Wildman–Crippen MR) is 96.7 cm³/mol. The summed E-state index contributed by atoms with van der Waals surface area (Å²) in [5.41, 5.74) is 1.78. The molecule has 0 aromatic heterocycles. The minimum Gasteiger partial charge on any atom is -0.211 e. The second kappa shape index (κ2) is 7.03. The zero-order chi connectivity index (χ0) is 16.3. The van der Waals surface area contributed by atoms with Gasteiger partial charge in [-0.3, -0.25) is 0 Å². The molecule has 3 rings (SSSR count). The Morgan fingerprint density at radius 1 is 1.09 bits per heavy atom. The zero-order valence-electron chi connectivity index (χ0n) is 14.5. The highest BCUT2D eigenvalue weighted by molar-refractivity contribution is 5.76. The first-order valence-electron chi connectivity index (χ1n) is 9.25. The van der Waals surface area contributed by atoms with Crippen LogP contribution in [0.15, 0.2) is 48.3 Å². The quantitative estimate of drug-likeness (QED) is 0.565. The minimum absolute atomic E-state index is 0.000448. The van der Waals surface area contributed by atoms with Gasteiger partial charge in [0, 0.05) is 12.0 Å². The third kappa shape index (κ3) is 3.59. The van der Waals surface area contributed by atoms with Crippen LogP contribution < -0.4 is 0 Å². The fourth-order valence-corrected chi connectivity index (χ4v) is 4.52. The third-order valence-electron chi connectivity index (χ3n) is 6.02. The molecule has 1 aromatic rings. The average molecular weight is 312 g/mol. The first-order chi connectivity index (χ1) is 11.1. The van der Waals surface area contributed by atoms with Gasteiger partial charge in [-0.05, 0) is 35.7 Å². The van der Waals surface area contributed by atoms with Gasteiger partial charge in [0.15, 0.2) is 0 Å². The van der Waals surface area contributed by atoms with E-state index < -0.39 is 0 Å². The van der Waals surface area contributed by atoms with E-state index in [0.29, 0.717) is 12.3 Å². The van der Waals surface area contributed by atoms with Crippen LogP contribution in [0.2, 0.25) is 0 Å². The van der Waals surface area contributed by atoms with E-state index in [-0.39, 0.29) is 11.2 Å². The molecule has 1 unspecified atom stereocenters. The fourth-order valence-electron chi connectivity index (χ4n) is 4.52. The maximum absolute atomic E-state index is 14.8. The second-order valence-electron chi connectivity index (χ2n) is 7.71. The van der Waals surface area contributed by atoms with Crippen molar-refractivity contribution in [3.05, 3.63) is 53.9 Å². The summed E-state index contributed by atoms with van der Waals surface area (Å²) in [4.78, 5) is 0. The van der Waals surface area contributed by atoms with Crippen molar-refractivity contribution in [3.8, 4) is 0 Å². The van der Waals surface area contributed by atoms with Crippen LogP contribution in [0.25, 0.3) is 5.57 Å². The summed E-state index contributed by atoms with van der Waals surface area (Å²) in [6, 6.07) is 9.93. The van der Waals surface area contributed by atoms with Crippen LogP contribution in [0, 0.1) is 17.3 Å². The van der Waals surface area contributed by atoms with Gasteiger partial charge in [-0.2, -0.15) is 0 Å². The van der Waals surface area contributed by atoms with E-state index in [9.17, 15) is 4.39 Å². The SMILES string of the molecule is CCCC1CCC(C2(C)C=CC(c3ccccc3)=C(F)C2)CC1. The van der Waals surface area contributed by atoms with Gasteiger partial charge in [-0.25, -0.2) is 4.39 Å².